The summed E-state index contributed by atoms with van der Waals surface area (Å²) in [7, 11) is 0. The fourth-order valence-electron chi connectivity index (χ4n) is 2.82. The lowest BCUT2D eigenvalue weighted by Gasteiger charge is -2.22. The van der Waals surface area contributed by atoms with Gasteiger partial charge in [0.05, 0.1) is 16.8 Å². The van der Waals surface area contributed by atoms with Gasteiger partial charge in [0, 0.05) is 6.04 Å². The second-order valence-electron chi connectivity index (χ2n) is 6.50. The number of anilines is 1. The predicted molar refractivity (Wildman–Crippen MR) is 104 cm³/mol. The highest BCUT2D eigenvalue weighted by Crippen LogP contribution is 2.32. The van der Waals surface area contributed by atoms with E-state index in [1.54, 1.807) is 20.8 Å². The number of alkyl halides is 3. The molecule has 0 saturated heterocycles. The summed E-state index contributed by atoms with van der Waals surface area (Å²) in [6, 6.07) is 4.27. The van der Waals surface area contributed by atoms with E-state index in [2.05, 4.69) is 36.6 Å². The third kappa shape index (κ3) is 4.06. The van der Waals surface area contributed by atoms with Crippen LogP contribution in [0.3, 0.4) is 0 Å². The second kappa shape index (κ2) is 7.64. The van der Waals surface area contributed by atoms with Gasteiger partial charge in [0.15, 0.2) is 0 Å². The van der Waals surface area contributed by atoms with Gasteiger partial charge in [-0.3, -0.25) is 14.6 Å². The van der Waals surface area contributed by atoms with Gasteiger partial charge >= 0.3 is 6.18 Å². The maximum Gasteiger partial charge on any atom is 0.417 e. The first kappa shape index (κ1) is 21.1. The lowest BCUT2D eigenvalue weighted by atomic mass is 10.1. The van der Waals surface area contributed by atoms with Crippen LogP contribution in [0.15, 0.2) is 44.9 Å². The molecule has 7 nitrogen and oxygen atoms in total. The molecule has 154 valence electrons. The molecule has 1 aliphatic heterocycles. The van der Waals surface area contributed by atoms with Gasteiger partial charge in [-0.1, -0.05) is 12.1 Å². The first-order valence-corrected chi connectivity index (χ1v) is 9.31. The molecule has 0 aliphatic carbocycles. The molecule has 1 aliphatic rings. The number of aryl methyl sites for hydroxylation is 1. The fraction of sp³-hybridized carbons (Fsp3) is 0.278. The zero-order valence-electron chi connectivity index (χ0n) is 15.6. The van der Waals surface area contributed by atoms with Crippen LogP contribution in [0.4, 0.5) is 19.1 Å². The SMILES string of the molecule is CC1=C(NC(=O)c2ccccc2C(F)(F)F)N(c2nc(C)c(Br)c(=O)[nH]2)NC1C. The standard InChI is InChI=1S/C18H17BrF3N5O2/c1-8-9(2)26-27(17-23-10(3)13(19)16(29)25-17)14(8)24-15(28)11-6-4-5-7-12(11)18(20,21)22/h4-7,9,26H,1-3H3,(H,24,28)(H,23,25,29). The van der Waals surface area contributed by atoms with Crippen LogP contribution in [0.1, 0.15) is 35.5 Å². The van der Waals surface area contributed by atoms with Crippen molar-refractivity contribution in [3.05, 3.63) is 67.3 Å². The molecule has 0 saturated carbocycles. The molecule has 1 amide bonds. The zero-order valence-corrected chi connectivity index (χ0v) is 17.2. The van der Waals surface area contributed by atoms with Crippen molar-refractivity contribution in [2.24, 2.45) is 0 Å². The van der Waals surface area contributed by atoms with Crippen LogP contribution >= 0.6 is 15.9 Å². The molecule has 2 heterocycles. The third-order valence-corrected chi connectivity index (χ3v) is 5.44. The molecule has 0 radical (unpaired) electrons. The lowest BCUT2D eigenvalue weighted by molar-refractivity contribution is -0.137. The largest absolute Gasteiger partial charge is 0.417 e. The van der Waals surface area contributed by atoms with Gasteiger partial charge in [-0.05, 0) is 54.4 Å². The molecule has 0 spiro atoms. The molecular formula is C18H17BrF3N5O2. The smallest absolute Gasteiger partial charge is 0.307 e. The summed E-state index contributed by atoms with van der Waals surface area (Å²) in [5, 5.41) is 3.86. The number of hydrazine groups is 1. The van der Waals surface area contributed by atoms with E-state index in [0.717, 1.165) is 12.1 Å². The maximum absolute atomic E-state index is 13.3. The average molecular weight is 472 g/mol. The van der Waals surface area contributed by atoms with Crippen molar-refractivity contribution in [1.29, 1.82) is 0 Å². The molecule has 2 aromatic rings. The highest BCUT2D eigenvalue weighted by atomic mass is 79.9. The van der Waals surface area contributed by atoms with Crippen LogP contribution in [0.25, 0.3) is 0 Å². The quantitative estimate of drug-likeness (QED) is 0.639. The number of aromatic amines is 1. The third-order valence-electron chi connectivity index (χ3n) is 4.51. The number of carbonyl (C=O) groups is 1. The van der Waals surface area contributed by atoms with Gasteiger partial charge in [-0.25, -0.2) is 15.4 Å². The first-order valence-electron chi connectivity index (χ1n) is 8.51. The Hall–Kier alpha value is -2.66. The van der Waals surface area contributed by atoms with Crippen molar-refractivity contribution < 1.29 is 18.0 Å². The number of amides is 1. The number of carbonyl (C=O) groups excluding carboxylic acids is 1. The maximum atomic E-state index is 13.3. The van der Waals surface area contributed by atoms with E-state index in [1.807, 2.05) is 0 Å². The Labute approximate surface area is 172 Å². The van der Waals surface area contributed by atoms with Crippen molar-refractivity contribution in [1.82, 2.24) is 20.7 Å². The molecule has 1 aromatic carbocycles. The minimum Gasteiger partial charge on any atom is -0.307 e. The molecule has 1 unspecified atom stereocenters. The van der Waals surface area contributed by atoms with E-state index >= 15 is 0 Å². The molecule has 1 aromatic heterocycles. The minimum atomic E-state index is -4.67. The first-order chi connectivity index (χ1) is 13.5. The summed E-state index contributed by atoms with van der Waals surface area (Å²) >= 11 is 3.12. The van der Waals surface area contributed by atoms with Crippen LogP contribution < -0.4 is 21.3 Å². The van der Waals surface area contributed by atoms with E-state index in [9.17, 15) is 22.8 Å². The summed E-state index contributed by atoms with van der Waals surface area (Å²) in [6.45, 7) is 5.14. The molecule has 3 rings (SSSR count). The number of H-pyrrole nitrogens is 1. The Kier molecular flexibility index (Phi) is 5.54. The van der Waals surface area contributed by atoms with E-state index < -0.39 is 28.8 Å². The van der Waals surface area contributed by atoms with Crippen LogP contribution in [-0.2, 0) is 6.18 Å². The topological polar surface area (TPSA) is 90.1 Å². The van der Waals surface area contributed by atoms with Gasteiger partial charge in [0.1, 0.15) is 10.3 Å². The molecule has 11 heteroatoms. The minimum absolute atomic E-state index is 0.0961. The Morgan fingerprint density at radius 3 is 2.55 bits per heavy atom. The lowest BCUT2D eigenvalue weighted by Crippen LogP contribution is -2.43. The number of rotatable bonds is 3. The van der Waals surface area contributed by atoms with E-state index in [1.165, 1.54) is 17.1 Å². The molecule has 3 N–H and O–H groups in total. The van der Waals surface area contributed by atoms with Gasteiger partial charge in [0.25, 0.3) is 11.5 Å². The average Bonchev–Trinajstić information content (AvgIpc) is 2.93. The van der Waals surface area contributed by atoms with Crippen LogP contribution in [0, 0.1) is 6.92 Å². The number of halogens is 4. The van der Waals surface area contributed by atoms with E-state index in [0.29, 0.717) is 11.3 Å². The van der Waals surface area contributed by atoms with Gasteiger partial charge < -0.3 is 5.32 Å². The summed E-state index contributed by atoms with van der Waals surface area (Å²) in [5.41, 5.74) is 2.12. The number of nitrogens with one attached hydrogen (secondary N) is 3. The summed E-state index contributed by atoms with van der Waals surface area (Å²) in [6.07, 6.45) is -4.67. The molecule has 1 atom stereocenters. The van der Waals surface area contributed by atoms with Gasteiger partial charge in [0.2, 0.25) is 5.95 Å². The van der Waals surface area contributed by atoms with E-state index in [4.69, 9.17) is 0 Å². The number of nitrogens with zero attached hydrogens (tertiary/aromatic N) is 2. The fourth-order valence-corrected chi connectivity index (χ4v) is 3.01. The highest BCUT2D eigenvalue weighted by molar-refractivity contribution is 9.10. The number of benzene rings is 1. The Balaban J connectivity index is 1.99. The zero-order chi connectivity index (χ0) is 21.5. The number of aromatic nitrogens is 2. The van der Waals surface area contributed by atoms with Crippen molar-refractivity contribution in [2.45, 2.75) is 33.0 Å². The second-order valence-corrected chi connectivity index (χ2v) is 7.30. The van der Waals surface area contributed by atoms with Crippen molar-refractivity contribution in [3.63, 3.8) is 0 Å². The monoisotopic (exact) mass is 471 g/mol. The summed E-state index contributed by atoms with van der Waals surface area (Å²) in [4.78, 5) is 31.6. The highest BCUT2D eigenvalue weighted by Gasteiger charge is 2.36. The van der Waals surface area contributed by atoms with Crippen molar-refractivity contribution >= 4 is 27.8 Å². The predicted octanol–water partition coefficient (Wildman–Crippen LogP) is 3.23. The number of hydrogen-bond donors (Lipinski definition) is 3. The van der Waals surface area contributed by atoms with Gasteiger partial charge in [-0.15, -0.1) is 0 Å². The Morgan fingerprint density at radius 1 is 1.28 bits per heavy atom. The van der Waals surface area contributed by atoms with Crippen molar-refractivity contribution in [2.75, 3.05) is 5.01 Å². The molecule has 0 fully saturated rings. The molecule has 0 bridgehead atoms. The summed E-state index contributed by atoms with van der Waals surface area (Å²) in [5.74, 6) is -0.632. The normalized spacial score (nSPS) is 17.1. The van der Waals surface area contributed by atoms with Gasteiger partial charge in [-0.2, -0.15) is 13.2 Å². The van der Waals surface area contributed by atoms with E-state index in [-0.39, 0.29) is 22.3 Å². The van der Waals surface area contributed by atoms with Crippen molar-refractivity contribution in [3.8, 4) is 0 Å². The number of hydrogen-bond acceptors (Lipinski definition) is 5. The van der Waals surface area contributed by atoms with Crippen LogP contribution in [-0.4, -0.2) is 21.9 Å². The van der Waals surface area contributed by atoms with Crippen LogP contribution in [0.5, 0.6) is 0 Å². The molecule has 29 heavy (non-hydrogen) atoms. The Morgan fingerprint density at radius 2 is 1.93 bits per heavy atom. The Bertz CT molecular complexity index is 1060. The summed E-state index contributed by atoms with van der Waals surface area (Å²) < 4.78 is 40.0. The molecular weight excluding hydrogens is 455 g/mol. The van der Waals surface area contributed by atoms with Crippen LogP contribution in [0.2, 0.25) is 0 Å².